The third kappa shape index (κ3) is 3.28. The summed E-state index contributed by atoms with van der Waals surface area (Å²) in [6.07, 6.45) is 0.688. The van der Waals surface area contributed by atoms with E-state index < -0.39 is 5.69 Å². The Labute approximate surface area is 157 Å². The fourth-order valence-electron chi connectivity index (χ4n) is 3.69. The lowest BCUT2D eigenvalue weighted by atomic mass is 10.0. The largest absolute Gasteiger partial charge is 0.345 e. The normalized spacial score (nSPS) is 12.7. The first-order valence-electron chi connectivity index (χ1n) is 9.12. The summed E-state index contributed by atoms with van der Waals surface area (Å²) in [5.41, 5.74) is 4.73. The van der Waals surface area contributed by atoms with Gasteiger partial charge in [-0.05, 0) is 40.7 Å². The Kier molecular flexibility index (Phi) is 4.36. The van der Waals surface area contributed by atoms with Crippen LogP contribution in [0.4, 0.5) is 0 Å². The summed E-state index contributed by atoms with van der Waals surface area (Å²) in [5.74, 6) is 0.0233. The van der Waals surface area contributed by atoms with Crippen molar-refractivity contribution in [1.82, 2.24) is 15.3 Å². The monoisotopic (exact) mass is 359 g/mol. The second-order valence-corrected chi connectivity index (χ2v) is 7.28. The number of nitrogens with one attached hydrogen (secondary N) is 2. The Hall–Kier alpha value is -3.21. The highest BCUT2D eigenvalue weighted by atomic mass is 16.2. The number of hydrogen-bond donors (Lipinski definition) is 2. The Bertz CT molecular complexity index is 1020. The molecule has 1 aliphatic rings. The fourth-order valence-corrected chi connectivity index (χ4v) is 3.69. The minimum atomic E-state index is -0.495. The highest BCUT2D eigenvalue weighted by molar-refractivity contribution is 5.94. The molecule has 1 heterocycles. The number of fused-ring (bicyclic) bond motifs is 3. The molecule has 0 aliphatic heterocycles. The van der Waals surface area contributed by atoms with E-state index in [-0.39, 0.29) is 17.6 Å². The van der Waals surface area contributed by atoms with Gasteiger partial charge in [-0.3, -0.25) is 4.79 Å². The molecule has 4 rings (SSSR count). The number of hydrogen-bond acceptors (Lipinski definition) is 3. The van der Waals surface area contributed by atoms with Gasteiger partial charge in [-0.2, -0.15) is 4.98 Å². The molecule has 0 atom stereocenters. The van der Waals surface area contributed by atoms with E-state index in [1.165, 1.54) is 0 Å². The summed E-state index contributed by atoms with van der Waals surface area (Å²) in [4.78, 5) is 31.4. The molecule has 0 bridgehead atoms. The molecule has 1 amide bonds. The predicted octanol–water partition coefficient (Wildman–Crippen LogP) is 3.47. The van der Waals surface area contributed by atoms with Gasteiger partial charge in [0.05, 0.1) is 6.04 Å². The second-order valence-electron chi connectivity index (χ2n) is 7.28. The van der Waals surface area contributed by atoms with Crippen molar-refractivity contribution in [2.75, 3.05) is 0 Å². The number of aromatic nitrogens is 2. The molecule has 0 saturated heterocycles. The van der Waals surface area contributed by atoms with Gasteiger partial charge in [-0.15, -0.1) is 0 Å². The Balaban J connectivity index is 1.68. The van der Waals surface area contributed by atoms with E-state index in [1.807, 2.05) is 36.4 Å². The van der Waals surface area contributed by atoms with Crippen LogP contribution in [0.3, 0.4) is 0 Å². The van der Waals surface area contributed by atoms with Gasteiger partial charge in [0.25, 0.3) is 5.91 Å². The summed E-state index contributed by atoms with van der Waals surface area (Å²) in [7, 11) is 0. The summed E-state index contributed by atoms with van der Waals surface area (Å²) in [6, 6.07) is 17.5. The molecule has 27 heavy (non-hydrogen) atoms. The molecule has 3 aromatic rings. The number of carbonyl (C=O) groups is 1. The van der Waals surface area contributed by atoms with E-state index in [1.54, 1.807) is 6.07 Å². The van der Waals surface area contributed by atoms with Crippen LogP contribution in [0.15, 0.2) is 59.4 Å². The standard InChI is InChI=1S/C22H21N3O2/c1-13(2)11-14-12-19(24-22(27)23-14)21(26)25-20-17-9-5-3-7-15(17)16-8-4-6-10-18(16)20/h3-10,12-13,20H,11H2,1-2H3,(H,25,26)(H,23,24,27). The molecule has 5 nitrogen and oxygen atoms in total. The van der Waals surface area contributed by atoms with E-state index in [0.717, 1.165) is 27.9 Å². The van der Waals surface area contributed by atoms with Crippen LogP contribution in [0, 0.1) is 5.92 Å². The van der Waals surface area contributed by atoms with Crippen LogP contribution in [-0.4, -0.2) is 15.9 Å². The van der Waals surface area contributed by atoms with Gasteiger partial charge in [-0.1, -0.05) is 62.4 Å². The van der Waals surface area contributed by atoms with Crippen LogP contribution in [0.25, 0.3) is 11.1 Å². The van der Waals surface area contributed by atoms with Gasteiger partial charge in [0, 0.05) is 5.69 Å². The van der Waals surface area contributed by atoms with Crippen LogP contribution in [0.1, 0.15) is 47.2 Å². The zero-order valence-electron chi connectivity index (χ0n) is 15.3. The highest BCUT2D eigenvalue weighted by Gasteiger charge is 2.29. The molecular weight excluding hydrogens is 338 g/mol. The molecule has 0 unspecified atom stereocenters. The van der Waals surface area contributed by atoms with Crippen molar-refractivity contribution < 1.29 is 4.79 Å². The minimum Gasteiger partial charge on any atom is -0.340 e. The van der Waals surface area contributed by atoms with Gasteiger partial charge in [0.2, 0.25) is 0 Å². The third-order valence-electron chi connectivity index (χ3n) is 4.77. The fraction of sp³-hybridized carbons (Fsp3) is 0.227. The Morgan fingerprint density at radius 3 is 2.26 bits per heavy atom. The maximum atomic E-state index is 12.9. The zero-order valence-corrected chi connectivity index (χ0v) is 15.3. The van der Waals surface area contributed by atoms with E-state index in [0.29, 0.717) is 12.3 Å². The van der Waals surface area contributed by atoms with Gasteiger partial charge < -0.3 is 10.3 Å². The molecule has 5 heteroatoms. The lowest BCUT2D eigenvalue weighted by Gasteiger charge is -2.16. The molecule has 1 aromatic heterocycles. The molecule has 0 spiro atoms. The molecular formula is C22H21N3O2. The summed E-state index contributed by atoms with van der Waals surface area (Å²) >= 11 is 0. The van der Waals surface area contributed by atoms with Crippen molar-refractivity contribution in [3.8, 4) is 11.1 Å². The van der Waals surface area contributed by atoms with Crippen molar-refractivity contribution in [2.45, 2.75) is 26.3 Å². The van der Waals surface area contributed by atoms with Crippen LogP contribution in [0.2, 0.25) is 0 Å². The lowest BCUT2D eigenvalue weighted by molar-refractivity contribution is 0.0938. The molecule has 2 N–H and O–H groups in total. The predicted molar refractivity (Wildman–Crippen MR) is 105 cm³/mol. The lowest BCUT2D eigenvalue weighted by Crippen LogP contribution is -2.31. The smallest absolute Gasteiger partial charge is 0.340 e. The maximum absolute atomic E-state index is 12.9. The second kappa shape index (κ2) is 6.83. The highest BCUT2D eigenvalue weighted by Crippen LogP contribution is 2.43. The van der Waals surface area contributed by atoms with Crippen LogP contribution < -0.4 is 11.0 Å². The number of rotatable bonds is 4. The summed E-state index contributed by atoms with van der Waals surface area (Å²) in [6.45, 7) is 4.12. The maximum Gasteiger partial charge on any atom is 0.345 e. The molecule has 0 radical (unpaired) electrons. The topological polar surface area (TPSA) is 74.8 Å². The number of carbonyl (C=O) groups excluding carboxylic acids is 1. The Morgan fingerprint density at radius 2 is 1.67 bits per heavy atom. The first-order valence-corrected chi connectivity index (χ1v) is 9.12. The van der Waals surface area contributed by atoms with Crippen LogP contribution in [-0.2, 0) is 6.42 Å². The van der Waals surface area contributed by atoms with Crippen LogP contribution >= 0.6 is 0 Å². The number of aromatic amines is 1. The molecule has 136 valence electrons. The SMILES string of the molecule is CC(C)Cc1cc(C(=O)NC2c3ccccc3-c3ccccc32)nc(=O)[nH]1. The number of nitrogens with zero attached hydrogens (tertiary/aromatic N) is 1. The average molecular weight is 359 g/mol. The van der Waals surface area contributed by atoms with Crippen molar-refractivity contribution >= 4 is 5.91 Å². The van der Waals surface area contributed by atoms with E-state index >= 15 is 0 Å². The van der Waals surface area contributed by atoms with E-state index in [9.17, 15) is 9.59 Å². The summed E-state index contributed by atoms with van der Waals surface area (Å²) in [5, 5.41) is 3.06. The number of benzene rings is 2. The van der Waals surface area contributed by atoms with Crippen molar-refractivity contribution in [2.24, 2.45) is 5.92 Å². The van der Waals surface area contributed by atoms with Crippen molar-refractivity contribution in [1.29, 1.82) is 0 Å². The molecule has 1 aliphatic carbocycles. The van der Waals surface area contributed by atoms with Gasteiger partial charge in [0.1, 0.15) is 5.69 Å². The number of amides is 1. The van der Waals surface area contributed by atoms with Crippen LogP contribution in [0.5, 0.6) is 0 Å². The Morgan fingerprint density at radius 1 is 1.07 bits per heavy atom. The minimum absolute atomic E-state index is 0.149. The number of H-pyrrole nitrogens is 1. The first-order chi connectivity index (χ1) is 13.0. The van der Waals surface area contributed by atoms with Gasteiger partial charge in [0.15, 0.2) is 0 Å². The van der Waals surface area contributed by atoms with E-state index in [2.05, 4.69) is 41.3 Å². The molecule has 0 fully saturated rings. The van der Waals surface area contributed by atoms with Gasteiger partial charge >= 0.3 is 5.69 Å². The van der Waals surface area contributed by atoms with E-state index in [4.69, 9.17) is 0 Å². The van der Waals surface area contributed by atoms with Crippen molar-refractivity contribution in [3.05, 3.63) is 87.6 Å². The zero-order chi connectivity index (χ0) is 19.0. The third-order valence-corrected chi connectivity index (χ3v) is 4.77. The molecule has 2 aromatic carbocycles. The average Bonchev–Trinajstić information content (AvgIpc) is 2.95. The van der Waals surface area contributed by atoms with Crippen molar-refractivity contribution in [3.63, 3.8) is 0 Å². The van der Waals surface area contributed by atoms with Gasteiger partial charge in [-0.25, -0.2) is 4.79 Å². The first kappa shape index (κ1) is 17.2. The molecule has 0 saturated carbocycles. The summed E-state index contributed by atoms with van der Waals surface area (Å²) < 4.78 is 0. The quantitative estimate of drug-likeness (QED) is 0.749.